The molecule has 0 bridgehead atoms. The second-order valence-electron chi connectivity index (χ2n) is 3.28. The molecule has 0 fully saturated rings. The predicted molar refractivity (Wildman–Crippen MR) is 64.6 cm³/mol. The molecule has 1 aliphatic heterocycles. The molecular weight excluding hydrogens is 261 g/mol. The van der Waals surface area contributed by atoms with E-state index in [1.807, 2.05) is 18.2 Å². The largest absolute Gasteiger partial charge is 0.313 e. The van der Waals surface area contributed by atoms with Crippen molar-refractivity contribution in [1.82, 2.24) is 5.32 Å². The van der Waals surface area contributed by atoms with Gasteiger partial charge in [0.15, 0.2) is 0 Å². The van der Waals surface area contributed by atoms with Gasteiger partial charge in [-0.15, -0.1) is 0 Å². The van der Waals surface area contributed by atoms with Crippen molar-refractivity contribution in [2.24, 2.45) is 0 Å². The van der Waals surface area contributed by atoms with Crippen LogP contribution in [0.15, 0.2) is 28.7 Å². The van der Waals surface area contributed by atoms with Gasteiger partial charge in [0, 0.05) is 21.6 Å². The molecule has 74 valence electrons. The Bertz CT molecular complexity index is 353. The molecule has 0 spiro atoms. The Hall–Kier alpha value is -0.310. The monoisotopic (exact) mass is 271 g/mol. The minimum Gasteiger partial charge on any atom is -0.313 e. The van der Waals surface area contributed by atoms with Gasteiger partial charge in [-0.1, -0.05) is 39.7 Å². The molecule has 0 saturated heterocycles. The van der Waals surface area contributed by atoms with Gasteiger partial charge in [-0.2, -0.15) is 0 Å². The molecule has 3 heteroatoms. The minimum absolute atomic E-state index is 0.826. The molecule has 0 atom stereocenters. The molecular formula is C11H11BrClN. The van der Waals surface area contributed by atoms with E-state index in [1.54, 1.807) is 0 Å². The van der Waals surface area contributed by atoms with E-state index in [4.69, 9.17) is 11.6 Å². The predicted octanol–water partition coefficient (Wildman–Crippen LogP) is 3.48. The summed E-state index contributed by atoms with van der Waals surface area (Å²) in [6.45, 7) is 1.97. The van der Waals surface area contributed by atoms with E-state index in [1.165, 1.54) is 5.57 Å². The van der Waals surface area contributed by atoms with Gasteiger partial charge in [0.25, 0.3) is 0 Å². The van der Waals surface area contributed by atoms with Gasteiger partial charge in [0.2, 0.25) is 0 Å². The molecule has 0 saturated carbocycles. The van der Waals surface area contributed by atoms with Crippen LogP contribution < -0.4 is 5.32 Å². The zero-order valence-corrected chi connectivity index (χ0v) is 10.0. The van der Waals surface area contributed by atoms with E-state index in [0.29, 0.717) is 0 Å². The lowest BCUT2D eigenvalue weighted by Crippen LogP contribution is -2.20. The fourth-order valence-electron chi connectivity index (χ4n) is 1.65. The van der Waals surface area contributed by atoms with Crippen molar-refractivity contribution in [2.45, 2.75) is 6.42 Å². The maximum Gasteiger partial charge on any atom is 0.0492 e. The molecule has 0 aliphatic carbocycles. The molecule has 14 heavy (non-hydrogen) atoms. The SMILES string of the molecule is Clc1cccc(Br)c1C1=CCNCC1. The van der Waals surface area contributed by atoms with E-state index in [2.05, 4.69) is 27.3 Å². The smallest absolute Gasteiger partial charge is 0.0492 e. The molecule has 1 aromatic rings. The lowest BCUT2D eigenvalue weighted by molar-refractivity contribution is 0.738. The Morgan fingerprint density at radius 1 is 1.36 bits per heavy atom. The molecule has 0 radical (unpaired) electrons. The van der Waals surface area contributed by atoms with Crippen LogP contribution in [0.2, 0.25) is 5.02 Å². The van der Waals surface area contributed by atoms with Gasteiger partial charge in [-0.25, -0.2) is 0 Å². The summed E-state index contributed by atoms with van der Waals surface area (Å²) in [7, 11) is 0. The Labute approximate surface area is 97.3 Å². The van der Waals surface area contributed by atoms with Crippen molar-refractivity contribution in [3.63, 3.8) is 0 Å². The van der Waals surface area contributed by atoms with Crippen LogP contribution in [0.4, 0.5) is 0 Å². The quantitative estimate of drug-likeness (QED) is 0.825. The molecule has 0 unspecified atom stereocenters. The van der Waals surface area contributed by atoms with Crippen LogP contribution in [0, 0.1) is 0 Å². The van der Waals surface area contributed by atoms with Crippen LogP contribution in [0.5, 0.6) is 0 Å². The molecule has 0 amide bonds. The van der Waals surface area contributed by atoms with Gasteiger partial charge >= 0.3 is 0 Å². The Morgan fingerprint density at radius 3 is 2.86 bits per heavy atom. The maximum atomic E-state index is 6.17. The first-order chi connectivity index (χ1) is 6.79. The van der Waals surface area contributed by atoms with Crippen LogP contribution in [-0.4, -0.2) is 13.1 Å². The van der Waals surface area contributed by atoms with Crippen molar-refractivity contribution < 1.29 is 0 Å². The maximum absolute atomic E-state index is 6.17. The Balaban J connectivity index is 2.44. The number of nitrogens with one attached hydrogen (secondary N) is 1. The van der Waals surface area contributed by atoms with Gasteiger partial charge in [-0.05, 0) is 30.7 Å². The van der Waals surface area contributed by atoms with Crippen LogP contribution in [-0.2, 0) is 0 Å². The van der Waals surface area contributed by atoms with Crippen LogP contribution in [0.25, 0.3) is 5.57 Å². The zero-order valence-electron chi connectivity index (χ0n) is 7.69. The molecule has 2 rings (SSSR count). The third kappa shape index (κ3) is 2.02. The average Bonchev–Trinajstić information content (AvgIpc) is 2.19. The summed E-state index contributed by atoms with van der Waals surface area (Å²) in [5.41, 5.74) is 2.48. The highest BCUT2D eigenvalue weighted by Crippen LogP contribution is 2.33. The second kappa shape index (κ2) is 4.47. The third-order valence-corrected chi connectivity index (χ3v) is 3.32. The van der Waals surface area contributed by atoms with Gasteiger partial charge < -0.3 is 5.32 Å². The molecule has 1 N–H and O–H groups in total. The lowest BCUT2D eigenvalue weighted by Gasteiger charge is -2.16. The highest BCUT2D eigenvalue weighted by Gasteiger charge is 2.11. The van der Waals surface area contributed by atoms with E-state index in [9.17, 15) is 0 Å². The van der Waals surface area contributed by atoms with E-state index in [-0.39, 0.29) is 0 Å². The van der Waals surface area contributed by atoms with Crippen molar-refractivity contribution in [3.05, 3.63) is 39.3 Å². The summed E-state index contributed by atoms with van der Waals surface area (Å²) < 4.78 is 1.08. The van der Waals surface area contributed by atoms with E-state index >= 15 is 0 Å². The second-order valence-corrected chi connectivity index (χ2v) is 4.54. The fraction of sp³-hybridized carbons (Fsp3) is 0.273. The fourth-order valence-corrected chi connectivity index (χ4v) is 2.69. The van der Waals surface area contributed by atoms with Gasteiger partial charge in [0.05, 0.1) is 0 Å². The standard InChI is InChI=1S/C11H11BrClN/c12-9-2-1-3-10(13)11(9)8-4-6-14-7-5-8/h1-4,14H,5-7H2. The summed E-state index contributed by atoms with van der Waals surface area (Å²) in [4.78, 5) is 0. The van der Waals surface area contributed by atoms with Crippen molar-refractivity contribution in [2.75, 3.05) is 13.1 Å². The molecule has 0 aromatic heterocycles. The average molecular weight is 273 g/mol. The number of benzene rings is 1. The number of rotatable bonds is 1. The van der Waals surface area contributed by atoms with Crippen molar-refractivity contribution in [1.29, 1.82) is 0 Å². The zero-order chi connectivity index (χ0) is 9.97. The van der Waals surface area contributed by atoms with E-state index in [0.717, 1.165) is 34.6 Å². The number of halogens is 2. The number of hydrogen-bond donors (Lipinski definition) is 1. The van der Waals surface area contributed by atoms with Crippen LogP contribution in [0.3, 0.4) is 0 Å². The summed E-state index contributed by atoms with van der Waals surface area (Å²) in [6.07, 6.45) is 3.25. The normalized spacial score (nSPS) is 16.6. The summed E-state index contributed by atoms with van der Waals surface area (Å²) in [5, 5.41) is 4.12. The molecule has 1 aromatic carbocycles. The highest BCUT2D eigenvalue weighted by atomic mass is 79.9. The first kappa shape index (κ1) is 10.2. The minimum atomic E-state index is 0.826. The topological polar surface area (TPSA) is 12.0 Å². The van der Waals surface area contributed by atoms with Gasteiger partial charge in [0.1, 0.15) is 0 Å². The lowest BCUT2D eigenvalue weighted by atomic mass is 10.0. The summed E-state index contributed by atoms with van der Waals surface area (Å²) in [5.74, 6) is 0. The summed E-state index contributed by atoms with van der Waals surface area (Å²) in [6, 6.07) is 5.92. The van der Waals surface area contributed by atoms with Gasteiger partial charge in [-0.3, -0.25) is 0 Å². The third-order valence-electron chi connectivity index (χ3n) is 2.35. The van der Waals surface area contributed by atoms with Crippen molar-refractivity contribution in [3.8, 4) is 0 Å². The van der Waals surface area contributed by atoms with Crippen LogP contribution in [0.1, 0.15) is 12.0 Å². The first-order valence-corrected chi connectivity index (χ1v) is 5.80. The van der Waals surface area contributed by atoms with Crippen molar-refractivity contribution >= 4 is 33.1 Å². The highest BCUT2D eigenvalue weighted by molar-refractivity contribution is 9.10. The number of hydrogen-bond acceptors (Lipinski definition) is 1. The van der Waals surface area contributed by atoms with E-state index < -0.39 is 0 Å². The molecule has 1 aliphatic rings. The molecule has 1 nitrogen and oxygen atoms in total. The first-order valence-electron chi connectivity index (χ1n) is 4.63. The molecule has 1 heterocycles. The van der Waals surface area contributed by atoms with Crippen LogP contribution >= 0.6 is 27.5 Å². The summed E-state index contributed by atoms with van der Waals surface area (Å²) >= 11 is 9.71. The Morgan fingerprint density at radius 2 is 2.21 bits per heavy atom. The Kier molecular flexibility index (Phi) is 3.26.